The maximum absolute atomic E-state index is 12.1. The van der Waals surface area contributed by atoms with Crippen molar-refractivity contribution >= 4 is 11.7 Å². The van der Waals surface area contributed by atoms with Crippen LogP contribution in [0.3, 0.4) is 0 Å². The molecule has 5 nitrogen and oxygen atoms in total. The smallest absolute Gasteiger partial charge is 0.263 e. The number of rotatable bonds is 7. The van der Waals surface area contributed by atoms with Crippen LogP contribution in [0.15, 0.2) is 72.9 Å². The van der Waals surface area contributed by atoms with E-state index in [0.717, 1.165) is 11.1 Å². The van der Waals surface area contributed by atoms with E-state index >= 15 is 0 Å². The molecule has 0 bridgehead atoms. The van der Waals surface area contributed by atoms with Gasteiger partial charge in [-0.3, -0.25) is 4.79 Å². The Labute approximate surface area is 152 Å². The zero-order valence-electron chi connectivity index (χ0n) is 14.5. The molecule has 0 saturated heterocycles. The number of nitrogens with zero attached hydrogens (tertiary/aromatic N) is 1. The molecular weight excluding hydrogens is 328 g/mol. The van der Waals surface area contributed by atoms with E-state index in [9.17, 15) is 4.79 Å². The molecule has 1 heterocycles. The van der Waals surface area contributed by atoms with Crippen molar-refractivity contribution < 1.29 is 14.3 Å². The van der Waals surface area contributed by atoms with Gasteiger partial charge in [0, 0.05) is 6.20 Å². The molecule has 26 heavy (non-hydrogen) atoms. The fourth-order valence-electron chi connectivity index (χ4n) is 2.36. The number of pyridine rings is 1. The van der Waals surface area contributed by atoms with E-state index in [0.29, 0.717) is 23.9 Å². The molecule has 0 aliphatic heterocycles. The van der Waals surface area contributed by atoms with Gasteiger partial charge in [0.25, 0.3) is 5.91 Å². The summed E-state index contributed by atoms with van der Waals surface area (Å²) >= 11 is 0. The summed E-state index contributed by atoms with van der Waals surface area (Å²) in [6, 6.07) is 20.7. The van der Waals surface area contributed by atoms with Crippen LogP contribution < -0.4 is 14.8 Å². The minimum Gasteiger partial charge on any atom is -0.485 e. The zero-order chi connectivity index (χ0) is 18.2. The van der Waals surface area contributed by atoms with E-state index in [1.54, 1.807) is 30.5 Å². The second-order valence-corrected chi connectivity index (χ2v) is 5.72. The van der Waals surface area contributed by atoms with Crippen LogP contribution in [0.4, 0.5) is 5.82 Å². The van der Waals surface area contributed by atoms with Gasteiger partial charge in [-0.1, -0.05) is 42.5 Å². The van der Waals surface area contributed by atoms with E-state index in [4.69, 9.17) is 9.47 Å². The number of benzene rings is 2. The van der Waals surface area contributed by atoms with Crippen molar-refractivity contribution in [3.05, 3.63) is 84.1 Å². The second-order valence-electron chi connectivity index (χ2n) is 5.72. The van der Waals surface area contributed by atoms with Crippen LogP contribution in [0.1, 0.15) is 11.1 Å². The summed E-state index contributed by atoms with van der Waals surface area (Å²) in [5, 5.41) is 2.73. The Morgan fingerprint density at radius 1 is 0.962 bits per heavy atom. The van der Waals surface area contributed by atoms with Crippen LogP contribution in [-0.4, -0.2) is 17.5 Å². The van der Waals surface area contributed by atoms with Gasteiger partial charge in [0.05, 0.1) is 0 Å². The monoisotopic (exact) mass is 348 g/mol. The molecule has 0 radical (unpaired) electrons. The highest BCUT2D eigenvalue weighted by molar-refractivity contribution is 5.92. The molecule has 1 aromatic heterocycles. The van der Waals surface area contributed by atoms with E-state index in [1.807, 2.05) is 49.4 Å². The summed E-state index contributed by atoms with van der Waals surface area (Å²) < 4.78 is 11.3. The van der Waals surface area contributed by atoms with Crippen LogP contribution in [0, 0.1) is 6.92 Å². The van der Waals surface area contributed by atoms with E-state index in [-0.39, 0.29) is 12.5 Å². The molecule has 0 unspecified atom stereocenters. The predicted octanol–water partition coefficient (Wildman–Crippen LogP) is 3.99. The normalized spacial score (nSPS) is 10.2. The highest BCUT2D eigenvalue weighted by atomic mass is 16.5. The number of para-hydroxylation sites is 1. The standard InChI is InChI=1S/C21H20N2O3/c1-16-8-5-6-9-17(16)14-26-19-12-7-13-22-21(19)23-20(24)15-25-18-10-3-2-4-11-18/h2-13H,14-15H2,1H3,(H,22,23,24). The van der Waals surface area contributed by atoms with Gasteiger partial charge in [-0.25, -0.2) is 4.98 Å². The molecule has 0 atom stereocenters. The number of nitrogens with one attached hydrogen (secondary N) is 1. The van der Waals surface area contributed by atoms with Crippen LogP contribution in [0.5, 0.6) is 11.5 Å². The molecule has 0 spiro atoms. The van der Waals surface area contributed by atoms with Gasteiger partial charge >= 0.3 is 0 Å². The maximum atomic E-state index is 12.1. The van der Waals surface area contributed by atoms with Gasteiger partial charge in [-0.05, 0) is 42.3 Å². The van der Waals surface area contributed by atoms with Crippen LogP contribution in [-0.2, 0) is 11.4 Å². The average Bonchev–Trinajstić information content (AvgIpc) is 2.68. The van der Waals surface area contributed by atoms with Crippen molar-refractivity contribution in [1.29, 1.82) is 0 Å². The molecule has 5 heteroatoms. The summed E-state index contributed by atoms with van der Waals surface area (Å²) in [4.78, 5) is 16.3. The Bertz CT molecular complexity index is 866. The lowest BCUT2D eigenvalue weighted by Crippen LogP contribution is -2.21. The van der Waals surface area contributed by atoms with Gasteiger partial charge in [-0.2, -0.15) is 0 Å². The molecular formula is C21H20N2O3. The summed E-state index contributed by atoms with van der Waals surface area (Å²) in [5.74, 6) is 1.24. The third-order valence-electron chi connectivity index (χ3n) is 3.79. The third kappa shape index (κ3) is 4.83. The highest BCUT2D eigenvalue weighted by Gasteiger charge is 2.10. The Balaban J connectivity index is 1.60. The first-order chi connectivity index (χ1) is 12.7. The Morgan fingerprint density at radius 2 is 1.73 bits per heavy atom. The fourth-order valence-corrected chi connectivity index (χ4v) is 2.36. The predicted molar refractivity (Wildman–Crippen MR) is 100 cm³/mol. The molecule has 1 N–H and O–H groups in total. The lowest BCUT2D eigenvalue weighted by atomic mass is 10.1. The van der Waals surface area contributed by atoms with Crippen molar-refractivity contribution in [2.24, 2.45) is 0 Å². The number of ether oxygens (including phenoxy) is 2. The Hall–Kier alpha value is -3.34. The minimum absolute atomic E-state index is 0.0994. The fraction of sp³-hybridized carbons (Fsp3) is 0.143. The first-order valence-corrected chi connectivity index (χ1v) is 8.32. The number of hydrogen-bond acceptors (Lipinski definition) is 4. The molecule has 0 aliphatic rings. The number of aromatic nitrogens is 1. The summed E-state index contributed by atoms with van der Waals surface area (Å²) in [5.41, 5.74) is 2.24. The maximum Gasteiger partial charge on any atom is 0.263 e. The molecule has 0 saturated carbocycles. The topological polar surface area (TPSA) is 60.5 Å². The third-order valence-corrected chi connectivity index (χ3v) is 3.79. The molecule has 0 aliphatic carbocycles. The lowest BCUT2D eigenvalue weighted by Gasteiger charge is -2.13. The van der Waals surface area contributed by atoms with Crippen molar-refractivity contribution in [2.45, 2.75) is 13.5 Å². The molecule has 0 fully saturated rings. The van der Waals surface area contributed by atoms with Crippen molar-refractivity contribution in [1.82, 2.24) is 4.98 Å². The first-order valence-electron chi connectivity index (χ1n) is 8.32. The average molecular weight is 348 g/mol. The van der Waals surface area contributed by atoms with Gasteiger partial charge in [0.15, 0.2) is 18.2 Å². The van der Waals surface area contributed by atoms with Crippen molar-refractivity contribution in [2.75, 3.05) is 11.9 Å². The summed E-state index contributed by atoms with van der Waals surface area (Å²) in [6.45, 7) is 2.34. The van der Waals surface area contributed by atoms with Crippen molar-refractivity contribution in [3.63, 3.8) is 0 Å². The Kier molecular flexibility index (Phi) is 5.83. The second kappa shape index (κ2) is 8.67. The Morgan fingerprint density at radius 3 is 2.54 bits per heavy atom. The van der Waals surface area contributed by atoms with Gasteiger partial charge in [0.1, 0.15) is 12.4 Å². The molecule has 132 valence electrons. The quantitative estimate of drug-likeness (QED) is 0.701. The molecule has 1 amide bonds. The van der Waals surface area contributed by atoms with Crippen LogP contribution >= 0.6 is 0 Å². The van der Waals surface area contributed by atoms with E-state index < -0.39 is 0 Å². The van der Waals surface area contributed by atoms with Crippen molar-refractivity contribution in [3.8, 4) is 11.5 Å². The number of carbonyl (C=O) groups excluding carboxylic acids is 1. The summed E-state index contributed by atoms with van der Waals surface area (Å²) in [7, 11) is 0. The summed E-state index contributed by atoms with van der Waals surface area (Å²) in [6.07, 6.45) is 1.61. The molecule has 3 aromatic rings. The van der Waals surface area contributed by atoms with E-state index in [1.165, 1.54) is 0 Å². The molecule has 3 rings (SSSR count). The first kappa shape index (κ1) is 17.5. The number of amides is 1. The van der Waals surface area contributed by atoms with Gasteiger partial charge in [0.2, 0.25) is 0 Å². The number of hydrogen-bond donors (Lipinski definition) is 1. The minimum atomic E-state index is -0.298. The number of anilines is 1. The highest BCUT2D eigenvalue weighted by Crippen LogP contribution is 2.22. The van der Waals surface area contributed by atoms with Gasteiger partial charge in [-0.15, -0.1) is 0 Å². The lowest BCUT2D eigenvalue weighted by molar-refractivity contribution is -0.118. The van der Waals surface area contributed by atoms with E-state index in [2.05, 4.69) is 10.3 Å². The number of aryl methyl sites for hydroxylation is 1. The zero-order valence-corrected chi connectivity index (χ0v) is 14.5. The van der Waals surface area contributed by atoms with Crippen LogP contribution in [0.25, 0.3) is 0 Å². The van der Waals surface area contributed by atoms with Crippen LogP contribution in [0.2, 0.25) is 0 Å². The molecule has 2 aromatic carbocycles. The largest absolute Gasteiger partial charge is 0.485 e. The SMILES string of the molecule is Cc1ccccc1COc1cccnc1NC(=O)COc1ccccc1. The number of carbonyl (C=O) groups is 1. The van der Waals surface area contributed by atoms with Gasteiger partial charge < -0.3 is 14.8 Å².